The molecule has 0 spiro atoms. The number of ether oxygens (including phenoxy) is 4. The molecule has 1 aliphatic heterocycles. The molecule has 0 saturated carbocycles. The van der Waals surface area contributed by atoms with Gasteiger partial charge in [0.05, 0.1) is 6.61 Å². The maximum Gasteiger partial charge on any atom is 0.306 e. The standard InChI is InChI=1S/C45H78O12S/c1-3-5-7-9-11-13-15-17-19-21-23-25-27-29-31-33-40(46)54-35-38(36-55-45-44(50)43(49)42(48)39(57-45)37-58(51,52)53)56-41(47)34-32-30-28-26-24-22-20-18-16-14-12-10-8-6-4-2/h13,15,17-20,24,26,38-39,42-45,48-50H,3-12,14,16,21-23,25,27-37H2,1-2H3,(H,51,52,53)/b15-13+,19-17+,20-18+,26-24+/t38-,39-,42-,43?,44?,45+/m1/s1. The Hall–Kier alpha value is -2.39. The number of unbranched alkanes of at least 4 members (excludes halogenated alkanes) is 17. The van der Waals surface area contributed by atoms with Gasteiger partial charge < -0.3 is 34.3 Å². The highest BCUT2D eigenvalue weighted by Crippen LogP contribution is 2.24. The molecule has 1 fully saturated rings. The van der Waals surface area contributed by atoms with Crippen LogP contribution in [0.5, 0.6) is 0 Å². The van der Waals surface area contributed by atoms with E-state index in [1.54, 1.807) is 0 Å². The lowest BCUT2D eigenvalue weighted by Crippen LogP contribution is -2.60. The fraction of sp³-hybridized carbons (Fsp3) is 0.778. The molecule has 58 heavy (non-hydrogen) atoms. The molecule has 1 saturated heterocycles. The van der Waals surface area contributed by atoms with E-state index >= 15 is 0 Å². The van der Waals surface area contributed by atoms with Crippen molar-refractivity contribution in [3.8, 4) is 0 Å². The quantitative estimate of drug-likeness (QED) is 0.0155. The Morgan fingerprint density at radius 1 is 0.603 bits per heavy atom. The average Bonchev–Trinajstić information content (AvgIpc) is 3.18. The van der Waals surface area contributed by atoms with Crippen LogP contribution in [0.15, 0.2) is 48.6 Å². The summed E-state index contributed by atoms with van der Waals surface area (Å²) in [5.41, 5.74) is 0. The second-order valence-electron chi connectivity index (χ2n) is 15.4. The lowest BCUT2D eigenvalue weighted by atomic mass is 10.00. The van der Waals surface area contributed by atoms with Crippen LogP contribution in [0.25, 0.3) is 0 Å². The highest BCUT2D eigenvalue weighted by molar-refractivity contribution is 7.85. The van der Waals surface area contributed by atoms with Gasteiger partial charge in [0.25, 0.3) is 10.1 Å². The van der Waals surface area contributed by atoms with Crippen molar-refractivity contribution >= 4 is 22.1 Å². The first-order valence-corrected chi connectivity index (χ1v) is 23.8. The molecule has 6 atom stereocenters. The van der Waals surface area contributed by atoms with Crippen molar-refractivity contribution in [3.05, 3.63) is 48.6 Å². The Bertz CT molecular complexity index is 1260. The molecule has 0 radical (unpaired) electrons. The molecule has 12 nitrogen and oxygen atoms in total. The van der Waals surface area contributed by atoms with E-state index in [2.05, 4.69) is 62.5 Å². The average molecular weight is 843 g/mol. The van der Waals surface area contributed by atoms with Gasteiger partial charge in [0.2, 0.25) is 0 Å². The number of carbonyl (C=O) groups excluding carboxylic acids is 2. The summed E-state index contributed by atoms with van der Waals surface area (Å²) in [6.45, 7) is 3.68. The number of esters is 2. The van der Waals surface area contributed by atoms with E-state index in [-0.39, 0.29) is 19.4 Å². The molecule has 0 aromatic heterocycles. The predicted octanol–water partition coefficient (Wildman–Crippen LogP) is 8.78. The molecule has 1 aliphatic rings. The highest BCUT2D eigenvalue weighted by atomic mass is 32.2. The van der Waals surface area contributed by atoms with Gasteiger partial charge in [-0.15, -0.1) is 0 Å². The van der Waals surface area contributed by atoms with Crippen molar-refractivity contribution in [2.45, 2.75) is 205 Å². The molecule has 0 aromatic carbocycles. The molecule has 0 aliphatic carbocycles. The zero-order chi connectivity index (χ0) is 42.7. The minimum Gasteiger partial charge on any atom is -0.462 e. The summed E-state index contributed by atoms with van der Waals surface area (Å²) in [6, 6.07) is 0. The summed E-state index contributed by atoms with van der Waals surface area (Å²) in [5.74, 6) is -2.05. The Labute approximate surface area is 350 Å². The normalized spacial score (nSPS) is 20.8. The van der Waals surface area contributed by atoms with Gasteiger partial charge in [-0.1, -0.05) is 133 Å². The molecule has 1 rings (SSSR count). The Balaban J connectivity index is 2.50. The molecule has 0 aromatic rings. The van der Waals surface area contributed by atoms with Crippen molar-refractivity contribution in [2.24, 2.45) is 0 Å². The topological polar surface area (TPSA) is 186 Å². The van der Waals surface area contributed by atoms with Gasteiger partial charge in [0.1, 0.15) is 36.8 Å². The number of hydrogen-bond acceptors (Lipinski definition) is 11. The molecular formula is C45H78O12S. The first-order valence-electron chi connectivity index (χ1n) is 22.2. The summed E-state index contributed by atoms with van der Waals surface area (Å²) in [7, 11) is -4.61. The zero-order valence-electron chi connectivity index (χ0n) is 35.6. The summed E-state index contributed by atoms with van der Waals surface area (Å²) < 4.78 is 54.0. The minimum absolute atomic E-state index is 0.117. The van der Waals surface area contributed by atoms with Crippen LogP contribution >= 0.6 is 0 Å². The molecular weight excluding hydrogens is 765 g/mol. The van der Waals surface area contributed by atoms with Gasteiger partial charge in [-0.2, -0.15) is 8.42 Å². The molecule has 2 unspecified atom stereocenters. The molecule has 13 heteroatoms. The Morgan fingerprint density at radius 2 is 1.09 bits per heavy atom. The van der Waals surface area contributed by atoms with Crippen LogP contribution in [0, 0.1) is 0 Å². The van der Waals surface area contributed by atoms with Crippen LogP contribution in [-0.4, -0.2) is 96.0 Å². The molecule has 0 bridgehead atoms. The minimum atomic E-state index is -4.61. The fourth-order valence-corrected chi connectivity index (χ4v) is 7.09. The maximum absolute atomic E-state index is 12.8. The van der Waals surface area contributed by atoms with Crippen LogP contribution in [-0.2, 0) is 38.7 Å². The molecule has 336 valence electrons. The zero-order valence-corrected chi connectivity index (χ0v) is 36.5. The first kappa shape index (κ1) is 53.6. The number of hydrogen-bond donors (Lipinski definition) is 4. The number of carbonyl (C=O) groups is 2. The fourth-order valence-electron chi connectivity index (χ4n) is 6.40. The third-order valence-corrected chi connectivity index (χ3v) is 10.7. The predicted molar refractivity (Wildman–Crippen MR) is 229 cm³/mol. The summed E-state index contributed by atoms with van der Waals surface area (Å²) in [6.07, 6.45) is 31.6. The SMILES string of the molecule is CCCCCC/C=C/C=C/CCCCCCCC(=O)OC[C@H](CO[C@H]1O[C@H](CS(=O)(=O)O)[C@@H](O)C(O)C1O)OC(=O)CCCC/C=C/C/C=C/CCCCCCCC. The van der Waals surface area contributed by atoms with E-state index in [0.29, 0.717) is 12.8 Å². The van der Waals surface area contributed by atoms with Crippen molar-refractivity contribution in [1.82, 2.24) is 0 Å². The lowest BCUT2D eigenvalue weighted by molar-refractivity contribution is -0.297. The highest BCUT2D eigenvalue weighted by Gasteiger charge is 2.46. The molecule has 0 amide bonds. The number of aliphatic hydroxyl groups is 3. The lowest BCUT2D eigenvalue weighted by Gasteiger charge is -2.40. The van der Waals surface area contributed by atoms with Crippen LogP contribution in [0.3, 0.4) is 0 Å². The van der Waals surface area contributed by atoms with E-state index in [1.165, 1.54) is 64.2 Å². The van der Waals surface area contributed by atoms with Crippen LogP contribution < -0.4 is 0 Å². The summed E-state index contributed by atoms with van der Waals surface area (Å²) in [4.78, 5) is 25.4. The van der Waals surface area contributed by atoms with E-state index < -0.39 is 71.2 Å². The summed E-state index contributed by atoms with van der Waals surface area (Å²) >= 11 is 0. The van der Waals surface area contributed by atoms with Gasteiger partial charge in [0, 0.05) is 12.8 Å². The van der Waals surface area contributed by atoms with Gasteiger partial charge in [-0.25, -0.2) is 0 Å². The van der Waals surface area contributed by atoms with Crippen molar-refractivity contribution in [1.29, 1.82) is 0 Å². The van der Waals surface area contributed by atoms with Crippen molar-refractivity contribution in [2.75, 3.05) is 19.0 Å². The first-order chi connectivity index (χ1) is 28.0. The number of rotatable bonds is 36. The van der Waals surface area contributed by atoms with Gasteiger partial charge in [-0.3, -0.25) is 14.1 Å². The second kappa shape index (κ2) is 35.4. The van der Waals surface area contributed by atoms with Crippen molar-refractivity contribution < 1.29 is 56.8 Å². The third-order valence-electron chi connectivity index (χ3n) is 9.91. The Kier molecular flexibility index (Phi) is 32.7. The van der Waals surface area contributed by atoms with E-state index in [4.69, 9.17) is 18.9 Å². The Morgan fingerprint density at radius 3 is 1.67 bits per heavy atom. The number of allylic oxidation sites excluding steroid dienone is 8. The smallest absolute Gasteiger partial charge is 0.306 e. The monoisotopic (exact) mass is 843 g/mol. The molecule has 4 N–H and O–H groups in total. The van der Waals surface area contributed by atoms with E-state index in [1.807, 2.05) is 0 Å². The second-order valence-corrected chi connectivity index (χ2v) is 16.9. The van der Waals surface area contributed by atoms with Crippen LogP contribution in [0.2, 0.25) is 0 Å². The van der Waals surface area contributed by atoms with E-state index in [9.17, 15) is 37.9 Å². The largest absolute Gasteiger partial charge is 0.462 e. The van der Waals surface area contributed by atoms with Crippen molar-refractivity contribution in [3.63, 3.8) is 0 Å². The number of aliphatic hydroxyl groups excluding tert-OH is 3. The van der Waals surface area contributed by atoms with E-state index in [0.717, 1.165) is 64.2 Å². The maximum atomic E-state index is 12.8. The summed E-state index contributed by atoms with van der Waals surface area (Å²) in [5, 5.41) is 30.8. The molecule has 1 heterocycles. The third kappa shape index (κ3) is 29.8. The van der Waals surface area contributed by atoms with Gasteiger partial charge in [0.15, 0.2) is 12.4 Å². The van der Waals surface area contributed by atoms with Crippen LogP contribution in [0.1, 0.15) is 168 Å². The van der Waals surface area contributed by atoms with Gasteiger partial charge >= 0.3 is 11.9 Å². The van der Waals surface area contributed by atoms with Crippen LogP contribution in [0.4, 0.5) is 0 Å². The van der Waals surface area contributed by atoms with Gasteiger partial charge in [-0.05, 0) is 70.6 Å².